The second-order valence-electron chi connectivity index (χ2n) is 3.98. The van der Waals surface area contributed by atoms with E-state index in [1.165, 1.54) is 0 Å². The Balaban J connectivity index is 3.22. The topological polar surface area (TPSA) is 70.4 Å². The molecule has 0 N–H and O–H groups in total. The van der Waals surface area contributed by atoms with E-state index >= 15 is 0 Å². The third-order valence-electron chi connectivity index (χ3n) is 2.60. The van der Waals surface area contributed by atoms with Gasteiger partial charge >= 0.3 is 11.9 Å². The minimum Gasteiger partial charge on any atom is -0.461 e. The van der Waals surface area contributed by atoms with Crippen molar-refractivity contribution in [2.75, 3.05) is 13.2 Å². The molecule has 1 rings (SSSR count). The molecule has 0 amide bonds. The Morgan fingerprint density at radius 3 is 2.21 bits per heavy atom. The molecule has 0 aliphatic rings. The Morgan fingerprint density at radius 1 is 1.11 bits per heavy atom. The highest BCUT2D eigenvalue weighted by atomic mass is 16.5. The highest BCUT2D eigenvalue weighted by Crippen LogP contribution is 2.15. The van der Waals surface area contributed by atoms with Crippen molar-refractivity contribution in [2.24, 2.45) is 7.05 Å². The molecule has 106 valence electrons. The number of nitrogens with zero attached hydrogens (tertiary/aromatic N) is 2. The minimum atomic E-state index is -0.594. The molecule has 0 radical (unpaired) electrons. The molecule has 1 aromatic heterocycles. The quantitative estimate of drug-likeness (QED) is 0.735. The maximum absolute atomic E-state index is 11.9. The molecule has 1 aromatic rings. The molecular formula is C13H20N2O4. The van der Waals surface area contributed by atoms with Crippen LogP contribution in [0.15, 0.2) is 0 Å². The first-order valence-electron chi connectivity index (χ1n) is 6.46. The number of aromatic nitrogens is 2. The van der Waals surface area contributed by atoms with Gasteiger partial charge in [0.15, 0.2) is 11.4 Å². The zero-order chi connectivity index (χ0) is 14.4. The Hall–Kier alpha value is -1.85. The number of ether oxygens (including phenoxy) is 2. The fraction of sp³-hybridized carbons (Fsp3) is 0.615. The van der Waals surface area contributed by atoms with E-state index in [-0.39, 0.29) is 24.6 Å². The first-order chi connectivity index (χ1) is 9.06. The van der Waals surface area contributed by atoms with Gasteiger partial charge < -0.3 is 14.0 Å². The molecule has 6 heteroatoms. The highest BCUT2D eigenvalue weighted by molar-refractivity contribution is 6.00. The van der Waals surface area contributed by atoms with Crippen molar-refractivity contribution in [3.63, 3.8) is 0 Å². The monoisotopic (exact) mass is 268 g/mol. The second-order valence-corrected chi connectivity index (χ2v) is 3.98. The first kappa shape index (κ1) is 15.2. The van der Waals surface area contributed by atoms with Crippen LogP contribution in [0.3, 0.4) is 0 Å². The van der Waals surface area contributed by atoms with Crippen LogP contribution in [0.5, 0.6) is 0 Å². The summed E-state index contributed by atoms with van der Waals surface area (Å²) in [4.78, 5) is 28.0. The van der Waals surface area contributed by atoms with Gasteiger partial charge in [0.25, 0.3) is 0 Å². The van der Waals surface area contributed by atoms with Crippen LogP contribution in [0.2, 0.25) is 0 Å². The van der Waals surface area contributed by atoms with Crippen molar-refractivity contribution >= 4 is 11.9 Å². The average Bonchev–Trinajstić information content (AvgIpc) is 2.68. The minimum absolute atomic E-state index is 0.0336. The van der Waals surface area contributed by atoms with Gasteiger partial charge in [-0.15, -0.1) is 0 Å². The molecule has 1 heterocycles. The maximum atomic E-state index is 11.9. The fourth-order valence-corrected chi connectivity index (χ4v) is 1.77. The van der Waals surface area contributed by atoms with Crippen LogP contribution < -0.4 is 0 Å². The lowest BCUT2D eigenvalue weighted by molar-refractivity contribution is 0.0468. The predicted molar refractivity (Wildman–Crippen MR) is 69.1 cm³/mol. The van der Waals surface area contributed by atoms with Gasteiger partial charge in [-0.3, -0.25) is 0 Å². The van der Waals surface area contributed by atoms with Crippen molar-refractivity contribution < 1.29 is 19.1 Å². The van der Waals surface area contributed by atoms with E-state index in [2.05, 4.69) is 4.98 Å². The lowest BCUT2D eigenvalue weighted by atomic mass is 10.3. The summed E-state index contributed by atoms with van der Waals surface area (Å²) >= 11 is 0. The average molecular weight is 268 g/mol. The molecule has 0 spiro atoms. The maximum Gasteiger partial charge on any atom is 0.359 e. The summed E-state index contributed by atoms with van der Waals surface area (Å²) in [7, 11) is 1.70. The molecule has 0 aliphatic carbocycles. The van der Waals surface area contributed by atoms with Crippen molar-refractivity contribution in [1.29, 1.82) is 0 Å². The van der Waals surface area contributed by atoms with Gasteiger partial charge in [-0.1, -0.05) is 6.92 Å². The number of imidazole rings is 1. The van der Waals surface area contributed by atoms with Crippen LogP contribution in [0.1, 0.15) is 54.0 Å². The molecular weight excluding hydrogens is 248 g/mol. The molecule has 19 heavy (non-hydrogen) atoms. The van der Waals surface area contributed by atoms with E-state index in [0.29, 0.717) is 12.2 Å². The number of esters is 2. The number of carbonyl (C=O) groups is 2. The highest BCUT2D eigenvalue weighted by Gasteiger charge is 2.27. The van der Waals surface area contributed by atoms with Gasteiger partial charge in [0.1, 0.15) is 5.82 Å². The number of hydrogen-bond donors (Lipinski definition) is 0. The van der Waals surface area contributed by atoms with Crippen LogP contribution in [-0.4, -0.2) is 34.7 Å². The third kappa shape index (κ3) is 3.33. The van der Waals surface area contributed by atoms with Crippen molar-refractivity contribution in [2.45, 2.75) is 33.6 Å². The van der Waals surface area contributed by atoms with Gasteiger partial charge in [-0.2, -0.15) is 0 Å². The van der Waals surface area contributed by atoms with E-state index in [1.807, 2.05) is 6.92 Å². The molecule has 0 saturated carbocycles. The van der Waals surface area contributed by atoms with Crippen LogP contribution in [-0.2, 0) is 22.9 Å². The summed E-state index contributed by atoms with van der Waals surface area (Å²) in [6.07, 6.45) is 1.55. The Labute approximate surface area is 112 Å². The Morgan fingerprint density at radius 2 is 1.68 bits per heavy atom. The number of carbonyl (C=O) groups excluding carboxylic acids is 2. The molecule has 0 aromatic carbocycles. The van der Waals surface area contributed by atoms with E-state index < -0.39 is 11.9 Å². The van der Waals surface area contributed by atoms with Crippen LogP contribution in [0.4, 0.5) is 0 Å². The van der Waals surface area contributed by atoms with Gasteiger partial charge in [0, 0.05) is 13.5 Å². The van der Waals surface area contributed by atoms with Crippen molar-refractivity contribution in [3.05, 3.63) is 17.2 Å². The standard InChI is InChI=1S/C13H20N2O4/c1-5-8-9-14-10(12(16)18-6-2)11(15(9)4)13(17)19-7-3/h5-8H2,1-4H3. The second kappa shape index (κ2) is 6.92. The van der Waals surface area contributed by atoms with Crippen LogP contribution >= 0.6 is 0 Å². The normalized spacial score (nSPS) is 10.3. The Bertz CT molecular complexity index is 465. The van der Waals surface area contributed by atoms with E-state index in [0.717, 1.165) is 6.42 Å². The third-order valence-corrected chi connectivity index (χ3v) is 2.60. The number of hydrogen-bond acceptors (Lipinski definition) is 5. The summed E-state index contributed by atoms with van der Waals surface area (Å²) in [5.74, 6) is -0.472. The smallest absolute Gasteiger partial charge is 0.359 e. The van der Waals surface area contributed by atoms with Crippen LogP contribution in [0.25, 0.3) is 0 Å². The summed E-state index contributed by atoms with van der Waals surface area (Å²) < 4.78 is 11.5. The molecule has 0 unspecified atom stereocenters. The number of rotatable bonds is 6. The van der Waals surface area contributed by atoms with Crippen molar-refractivity contribution in [3.8, 4) is 0 Å². The lowest BCUT2D eigenvalue weighted by Gasteiger charge is -2.06. The zero-order valence-electron chi connectivity index (χ0n) is 11.9. The predicted octanol–water partition coefficient (Wildman–Crippen LogP) is 1.73. The van der Waals surface area contributed by atoms with Crippen molar-refractivity contribution in [1.82, 2.24) is 9.55 Å². The number of aryl methyl sites for hydroxylation is 1. The molecule has 0 atom stereocenters. The molecule has 0 fully saturated rings. The Kier molecular flexibility index (Phi) is 5.54. The molecule has 0 saturated heterocycles. The largest absolute Gasteiger partial charge is 0.461 e. The summed E-state index contributed by atoms with van der Waals surface area (Å²) in [5, 5.41) is 0. The van der Waals surface area contributed by atoms with E-state index in [4.69, 9.17) is 9.47 Å². The summed E-state index contributed by atoms with van der Waals surface area (Å²) in [5.41, 5.74) is 0.190. The van der Waals surface area contributed by atoms with Gasteiger partial charge in [0.2, 0.25) is 0 Å². The molecule has 0 aliphatic heterocycles. The van der Waals surface area contributed by atoms with E-state index in [1.54, 1.807) is 25.5 Å². The fourth-order valence-electron chi connectivity index (χ4n) is 1.77. The van der Waals surface area contributed by atoms with Gasteiger partial charge in [-0.05, 0) is 20.3 Å². The lowest BCUT2D eigenvalue weighted by Crippen LogP contribution is -2.16. The summed E-state index contributed by atoms with van der Waals surface area (Å²) in [6, 6.07) is 0. The van der Waals surface area contributed by atoms with Gasteiger partial charge in [0.05, 0.1) is 13.2 Å². The van der Waals surface area contributed by atoms with Gasteiger partial charge in [-0.25, -0.2) is 14.6 Å². The first-order valence-corrected chi connectivity index (χ1v) is 6.46. The summed E-state index contributed by atoms with van der Waals surface area (Å²) in [6.45, 7) is 5.90. The molecule has 6 nitrogen and oxygen atoms in total. The zero-order valence-corrected chi connectivity index (χ0v) is 11.9. The molecule has 0 bridgehead atoms. The SMILES string of the molecule is CCCc1nc(C(=O)OCC)c(C(=O)OCC)n1C. The van der Waals surface area contributed by atoms with Crippen LogP contribution in [0, 0.1) is 0 Å². The van der Waals surface area contributed by atoms with E-state index in [9.17, 15) is 9.59 Å².